The maximum Gasteiger partial charge on any atom is 0.237 e. The van der Waals surface area contributed by atoms with Crippen molar-refractivity contribution in [2.75, 3.05) is 11.9 Å². The Bertz CT molecular complexity index is 1170. The number of thiazole rings is 1. The van der Waals surface area contributed by atoms with Crippen LogP contribution in [0.25, 0.3) is 11.3 Å². The molecule has 2 amide bonds. The maximum atomic E-state index is 12.8. The number of aromatic nitrogens is 1. The third-order valence-electron chi connectivity index (χ3n) is 7.48. The van der Waals surface area contributed by atoms with Crippen LogP contribution in [-0.2, 0) is 9.59 Å². The van der Waals surface area contributed by atoms with Crippen molar-refractivity contribution in [2.24, 2.45) is 5.92 Å². The van der Waals surface area contributed by atoms with E-state index in [1.807, 2.05) is 11.4 Å². The first kappa shape index (κ1) is 24.7. The molecule has 0 spiro atoms. The first-order valence-electron chi connectivity index (χ1n) is 12.9. The summed E-state index contributed by atoms with van der Waals surface area (Å²) in [6.07, 6.45) is 5.10. The molecule has 6 nitrogen and oxygen atoms in total. The minimum atomic E-state index is -0.123. The average Bonchev–Trinajstić information content (AvgIpc) is 3.57. The van der Waals surface area contributed by atoms with Crippen LogP contribution in [0.1, 0.15) is 55.6 Å². The van der Waals surface area contributed by atoms with Crippen LogP contribution >= 0.6 is 11.3 Å². The van der Waals surface area contributed by atoms with E-state index in [9.17, 15) is 9.59 Å². The van der Waals surface area contributed by atoms with Gasteiger partial charge in [0.05, 0.1) is 11.7 Å². The van der Waals surface area contributed by atoms with E-state index in [1.54, 1.807) is 0 Å². The molecule has 1 aliphatic carbocycles. The molecule has 2 aromatic carbocycles. The third kappa shape index (κ3) is 6.20. The topological polar surface area (TPSA) is 83.1 Å². The van der Waals surface area contributed by atoms with Gasteiger partial charge in [-0.3, -0.25) is 9.59 Å². The zero-order valence-electron chi connectivity index (χ0n) is 20.7. The number of rotatable bonds is 7. The lowest BCUT2D eigenvalue weighted by Gasteiger charge is -2.29. The van der Waals surface area contributed by atoms with Gasteiger partial charge in [0.2, 0.25) is 11.8 Å². The van der Waals surface area contributed by atoms with Crippen molar-refractivity contribution < 1.29 is 9.59 Å². The van der Waals surface area contributed by atoms with Gasteiger partial charge in [-0.05, 0) is 56.4 Å². The molecular formula is C29H34N4O2S. The molecule has 5 rings (SSSR count). The number of nitrogens with one attached hydrogen (secondary N) is 3. The summed E-state index contributed by atoms with van der Waals surface area (Å²) in [5.74, 6) is 0.876. The molecular weight excluding hydrogens is 468 g/mol. The summed E-state index contributed by atoms with van der Waals surface area (Å²) in [5.41, 5.74) is 4.45. The summed E-state index contributed by atoms with van der Waals surface area (Å²) in [6.45, 7) is 2.90. The van der Waals surface area contributed by atoms with Crippen molar-refractivity contribution in [1.82, 2.24) is 15.6 Å². The lowest BCUT2D eigenvalue weighted by atomic mass is 9.84. The number of nitrogens with zero attached hydrogens (tertiary/aromatic N) is 1. The zero-order chi connectivity index (χ0) is 24.9. The fourth-order valence-electron chi connectivity index (χ4n) is 5.35. The molecule has 0 bridgehead atoms. The Morgan fingerprint density at radius 3 is 2.53 bits per heavy atom. The van der Waals surface area contributed by atoms with Gasteiger partial charge in [0.1, 0.15) is 0 Å². The highest BCUT2D eigenvalue weighted by Gasteiger charge is 2.32. The minimum Gasteiger partial charge on any atom is -0.352 e. The van der Waals surface area contributed by atoms with Gasteiger partial charge in [-0.25, -0.2) is 4.98 Å². The number of aryl methyl sites for hydroxylation is 1. The van der Waals surface area contributed by atoms with Crippen molar-refractivity contribution in [3.8, 4) is 11.3 Å². The van der Waals surface area contributed by atoms with E-state index in [4.69, 9.17) is 0 Å². The largest absolute Gasteiger partial charge is 0.352 e. The molecule has 2 aliphatic rings. The van der Waals surface area contributed by atoms with Crippen LogP contribution < -0.4 is 16.0 Å². The standard InChI is InChI=1S/C29H34N4O2S/c1-19-7-11-22(12-8-19)26-18-36-29(32-26)33-27(34)15-20-9-13-24(14-10-20)31-28(35)25-16-23(17-30-25)21-5-3-2-4-6-21/h2-8,11-12,18,20,23-25,30H,9-10,13-17H2,1H3,(H,31,35)(H,32,33,34)/t20-,23-,24+,25-/m0/s1. The monoisotopic (exact) mass is 502 g/mol. The third-order valence-corrected chi connectivity index (χ3v) is 8.24. The maximum absolute atomic E-state index is 12.8. The fraction of sp³-hybridized carbons (Fsp3) is 0.414. The number of anilines is 1. The van der Waals surface area contributed by atoms with Crippen LogP contribution in [0.3, 0.4) is 0 Å². The zero-order valence-corrected chi connectivity index (χ0v) is 21.5. The number of hydrogen-bond acceptors (Lipinski definition) is 5. The van der Waals surface area contributed by atoms with E-state index < -0.39 is 0 Å². The summed E-state index contributed by atoms with van der Waals surface area (Å²) in [4.78, 5) is 30.0. The van der Waals surface area contributed by atoms with E-state index >= 15 is 0 Å². The summed E-state index contributed by atoms with van der Waals surface area (Å²) >= 11 is 1.46. The van der Waals surface area contributed by atoms with E-state index in [0.717, 1.165) is 49.9 Å². The molecule has 0 radical (unpaired) electrons. The highest BCUT2D eigenvalue weighted by Crippen LogP contribution is 2.30. The van der Waals surface area contributed by atoms with Gasteiger partial charge < -0.3 is 16.0 Å². The van der Waals surface area contributed by atoms with Crippen molar-refractivity contribution in [1.29, 1.82) is 0 Å². The molecule has 1 saturated carbocycles. The summed E-state index contributed by atoms with van der Waals surface area (Å²) < 4.78 is 0. The number of amides is 2. The average molecular weight is 503 g/mol. The van der Waals surface area contributed by atoms with Crippen LogP contribution in [-0.4, -0.2) is 35.4 Å². The SMILES string of the molecule is Cc1ccc(-c2csc(NC(=O)C[C@H]3CC[C@@H](NC(=O)[C@@H]4C[C@H](c5ccccc5)CN4)CC3)n2)cc1. The van der Waals surface area contributed by atoms with Gasteiger partial charge in [0.15, 0.2) is 5.13 Å². The Labute approximate surface area is 216 Å². The van der Waals surface area contributed by atoms with Crippen molar-refractivity contribution in [2.45, 2.75) is 63.5 Å². The van der Waals surface area contributed by atoms with Crippen LogP contribution in [0.15, 0.2) is 60.0 Å². The number of hydrogen-bond donors (Lipinski definition) is 3. The predicted molar refractivity (Wildman–Crippen MR) is 145 cm³/mol. The predicted octanol–water partition coefficient (Wildman–Crippen LogP) is 5.27. The molecule has 3 N–H and O–H groups in total. The van der Waals surface area contributed by atoms with Gasteiger partial charge in [-0.15, -0.1) is 11.3 Å². The van der Waals surface area contributed by atoms with Gasteiger partial charge in [0.25, 0.3) is 0 Å². The molecule has 36 heavy (non-hydrogen) atoms. The van der Waals surface area contributed by atoms with E-state index in [2.05, 4.69) is 76.4 Å². The number of carbonyl (C=O) groups is 2. The van der Waals surface area contributed by atoms with Gasteiger partial charge in [-0.1, -0.05) is 60.2 Å². The molecule has 0 unspecified atom stereocenters. The molecule has 2 atom stereocenters. The first-order chi connectivity index (χ1) is 17.5. The Balaban J connectivity index is 1.03. The highest BCUT2D eigenvalue weighted by atomic mass is 32.1. The molecule has 2 heterocycles. The Morgan fingerprint density at radius 1 is 1.03 bits per heavy atom. The quantitative estimate of drug-likeness (QED) is 0.411. The minimum absolute atomic E-state index is 0.0226. The highest BCUT2D eigenvalue weighted by molar-refractivity contribution is 7.14. The van der Waals surface area contributed by atoms with Crippen molar-refractivity contribution in [3.05, 3.63) is 71.1 Å². The van der Waals surface area contributed by atoms with Crippen molar-refractivity contribution in [3.63, 3.8) is 0 Å². The second kappa shape index (κ2) is 11.4. The van der Waals surface area contributed by atoms with Crippen molar-refractivity contribution >= 4 is 28.3 Å². The van der Waals surface area contributed by atoms with Crippen LogP contribution in [0.2, 0.25) is 0 Å². The van der Waals surface area contributed by atoms with Crippen LogP contribution in [0, 0.1) is 12.8 Å². The lowest BCUT2D eigenvalue weighted by Crippen LogP contribution is -2.46. The van der Waals surface area contributed by atoms with E-state index in [0.29, 0.717) is 23.4 Å². The molecule has 188 valence electrons. The number of benzene rings is 2. The second-order valence-electron chi connectivity index (χ2n) is 10.2. The molecule has 1 aromatic heterocycles. The summed E-state index contributed by atoms with van der Waals surface area (Å²) in [6, 6.07) is 18.7. The normalized spacial score (nSPS) is 23.8. The molecule has 2 fully saturated rings. The number of carbonyl (C=O) groups excluding carboxylic acids is 2. The fourth-order valence-corrected chi connectivity index (χ4v) is 6.08. The summed E-state index contributed by atoms with van der Waals surface area (Å²) in [5, 5.41) is 12.3. The molecule has 3 aromatic rings. The molecule has 1 saturated heterocycles. The lowest BCUT2D eigenvalue weighted by molar-refractivity contribution is -0.124. The van der Waals surface area contributed by atoms with E-state index in [1.165, 1.54) is 22.5 Å². The summed E-state index contributed by atoms with van der Waals surface area (Å²) in [7, 11) is 0. The van der Waals surface area contributed by atoms with Crippen LogP contribution in [0.4, 0.5) is 5.13 Å². The van der Waals surface area contributed by atoms with Gasteiger partial charge in [0, 0.05) is 30.0 Å². The van der Waals surface area contributed by atoms with Gasteiger partial charge >= 0.3 is 0 Å². The Morgan fingerprint density at radius 2 is 1.78 bits per heavy atom. The Kier molecular flexibility index (Phi) is 7.78. The van der Waals surface area contributed by atoms with E-state index in [-0.39, 0.29) is 23.9 Å². The van der Waals surface area contributed by atoms with Gasteiger partial charge in [-0.2, -0.15) is 0 Å². The smallest absolute Gasteiger partial charge is 0.237 e. The molecule has 1 aliphatic heterocycles. The van der Waals surface area contributed by atoms with Crippen LogP contribution in [0.5, 0.6) is 0 Å². The second-order valence-corrected chi connectivity index (χ2v) is 11.0. The molecule has 7 heteroatoms. The Hall–Kier alpha value is -3.03. The first-order valence-corrected chi connectivity index (χ1v) is 13.8.